The molecule has 0 spiro atoms. The van der Waals surface area contributed by atoms with Gasteiger partial charge in [-0.3, -0.25) is 4.72 Å². The van der Waals surface area contributed by atoms with Crippen LogP contribution in [0.15, 0.2) is 48.7 Å². The average molecular weight is 359 g/mol. The molecule has 0 unspecified atom stereocenters. The maximum absolute atomic E-state index is 12.2. The van der Waals surface area contributed by atoms with Crippen molar-refractivity contribution in [3.8, 4) is 0 Å². The first-order valence-electron chi connectivity index (χ1n) is 8.88. The molecule has 6 heteroatoms. The molecule has 1 aromatic carbocycles. The lowest BCUT2D eigenvalue weighted by Gasteiger charge is -2.13. The van der Waals surface area contributed by atoms with Gasteiger partial charge in [0.15, 0.2) is 0 Å². The van der Waals surface area contributed by atoms with Crippen molar-refractivity contribution in [1.29, 1.82) is 0 Å². The van der Waals surface area contributed by atoms with Gasteiger partial charge in [-0.25, -0.2) is 13.4 Å². The normalized spacial score (nSPS) is 15.2. The summed E-state index contributed by atoms with van der Waals surface area (Å²) in [6, 6.07) is 14.0. The molecular formula is C19H25N3O2S. The van der Waals surface area contributed by atoms with Crippen molar-refractivity contribution in [2.24, 2.45) is 0 Å². The van der Waals surface area contributed by atoms with Crippen LogP contribution >= 0.6 is 0 Å². The van der Waals surface area contributed by atoms with E-state index in [1.807, 2.05) is 36.4 Å². The van der Waals surface area contributed by atoms with Gasteiger partial charge >= 0.3 is 0 Å². The first-order valence-corrected chi connectivity index (χ1v) is 10.5. The van der Waals surface area contributed by atoms with Crippen LogP contribution in [0.2, 0.25) is 0 Å². The third-order valence-corrected chi connectivity index (χ3v) is 5.82. The van der Waals surface area contributed by atoms with Gasteiger partial charge in [-0.2, -0.15) is 0 Å². The lowest BCUT2D eigenvalue weighted by atomic mass is 10.1. The number of aromatic nitrogens is 1. The van der Waals surface area contributed by atoms with Gasteiger partial charge in [-0.1, -0.05) is 43.2 Å². The van der Waals surface area contributed by atoms with Crippen molar-refractivity contribution in [3.05, 3.63) is 54.2 Å². The fraction of sp³-hybridized carbons (Fsp3) is 0.421. The molecule has 2 aromatic rings. The smallest absolute Gasteiger partial charge is 0.233 e. The van der Waals surface area contributed by atoms with Crippen LogP contribution in [0, 0.1) is 0 Å². The molecule has 134 valence electrons. The number of nitrogens with zero attached hydrogens (tertiary/aromatic N) is 1. The van der Waals surface area contributed by atoms with Gasteiger partial charge in [-0.15, -0.1) is 0 Å². The van der Waals surface area contributed by atoms with Gasteiger partial charge in [0.1, 0.15) is 5.82 Å². The SMILES string of the molecule is O=S(=O)(CCCc1ccccc1)Nc1ccc(NC2CCCC2)cn1. The Kier molecular flexibility index (Phi) is 5.91. The predicted molar refractivity (Wildman–Crippen MR) is 102 cm³/mol. The van der Waals surface area contributed by atoms with Gasteiger partial charge < -0.3 is 5.32 Å². The third-order valence-electron chi connectivity index (χ3n) is 4.47. The average Bonchev–Trinajstić information content (AvgIpc) is 3.10. The quantitative estimate of drug-likeness (QED) is 0.752. The number of hydrogen-bond donors (Lipinski definition) is 2. The molecule has 5 nitrogen and oxygen atoms in total. The van der Waals surface area contributed by atoms with Gasteiger partial charge in [-0.05, 0) is 43.4 Å². The molecule has 0 atom stereocenters. The van der Waals surface area contributed by atoms with E-state index in [-0.39, 0.29) is 5.75 Å². The number of anilines is 2. The van der Waals surface area contributed by atoms with E-state index in [1.165, 1.54) is 25.7 Å². The van der Waals surface area contributed by atoms with Crippen LogP contribution in [-0.4, -0.2) is 25.2 Å². The standard InChI is InChI=1S/C19H25N3O2S/c23-25(24,14-6-9-16-7-2-1-3-8-16)22-19-13-12-18(15-20-19)21-17-10-4-5-11-17/h1-3,7-8,12-13,15,17,21H,4-6,9-11,14H2,(H,20,22). The van der Waals surface area contributed by atoms with Crippen LogP contribution in [-0.2, 0) is 16.4 Å². The van der Waals surface area contributed by atoms with Gasteiger partial charge in [0, 0.05) is 6.04 Å². The Morgan fingerprint density at radius 2 is 1.80 bits per heavy atom. The summed E-state index contributed by atoms with van der Waals surface area (Å²) in [4.78, 5) is 4.22. The molecule has 1 aliphatic carbocycles. The molecule has 0 aliphatic heterocycles. The zero-order valence-corrected chi connectivity index (χ0v) is 15.1. The number of pyridine rings is 1. The molecule has 3 rings (SSSR count). The van der Waals surface area contributed by atoms with Gasteiger partial charge in [0.25, 0.3) is 0 Å². The summed E-state index contributed by atoms with van der Waals surface area (Å²) in [5.41, 5.74) is 2.09. The highest BCUT2D eigenvalue weighted by Gasteiger charge is 2.15. The number of hydrogen-bond acceptors (Lipinski definition) is 4. The molecule has 1 saturated carbocycles. The Balaban J connectivity index is 1.48. The molecule has 1 aliphatic rings. The van der Waals surface area contributed by atoms with E-state index < -0.39 is 10.0 Å². The minimum atomic E-state index is -3.37. The number of rotatable bonds is 8. The number of aryl methyl sites for hydroxylation is 1. The molecule has 0 saturated heterocycles. The molecule has 0 amide bonds. The lowest BCUT2D eigenvalue weighted by Crippen LogP contribution is -2.18. The molecule has 1 aromatic heterocycles. The summed E-state index contributed by atoms with van der Waals surface area (Å²) in [5.74, 6) is 0.461. The highest BCUT2D eigenvalue weighted by atomic mass is 32.2. The Morgan fingerprint density at radius 3 is 2.48 bits per heavy atom. The zero-order chi connectivity index (χ0) is 17.5. The van der Waals surface area contributed by atoms with E-state index >= 15 is 0 Å². The topological polar surface area (TPSA) is 71.1 Å². The second kappa shape index (κ2) is 8.34. The van der Waals surface area contributed by atoms with Crippen LogP contribution in [0.5, 0.6) is 0 Å². The van der Waals surface area contributed by atoms with Crippen LogP contribution in [0.25, 0.3) is 0 Å². The molecule has 1 heterocycles. The second-order valence-electron chi connectivity index (χ2n) is 6.57. The first kappa shape index (κ1) is 17.7. The summed E-state index contributed by atoms with van der Waals surface area (Å²) < 4.78 is 26.9. The molecule has 25 heavy (non-hydrogen) atoms. The summed E-state index contributed by atoms with van der Waals surface area (Å²) in [7, 11) is -3.37. The Bertz CT molecular complexity index is 755. The van der Waals surface area contributed by atoms with Crippen LogP contribution in [0.3, 0.4) is 0 Å². The molecule has 0 radical (unpaired) electrons. The summed E-state index contributed by atoms with van der Waals surface area (Å²) in [6.07, 6.45) is 7.95. The summed E-state index contributed by atoms with van der Waals surface area (Å²) in [5, 5.41) is 3.44. The summed E-state index contributed by atoms with van der Waals surface area (Å²) in [6.45, 7) is 0. The van der Waals surface area contributed by atoms with Crippen LogP contribution < -0.4 is 10.0 Å². The zero-order valence-electron chi connectivity index (χ0n) is 14.3. The molecule has 1 fully saturated rings. The van der Waals surface area contributed by atoms with E-state index in [1.54, 1.807) is 12.3 Å². The number of nitrogens with one attached hydrogen (secondary N) is 2. The maximum Gasteiger partial charge on any atom is 0.233 e. The van der Waals surface area contributed by atoms with Crippen molar-refractivity contribution in [1.82, 2.24) is 4.98 Å². The molecular weight excluding hydrogens is 334 g/mol. The second-order valence-corrected chi connectivity index (χ2v) is 8.41. The lowest BCUT2D eigenvalue weighted by molar-refractivity contribution is 0.598. The van der Waals surface area contributed by atoms with E-state index in [0.717, 1.165) is 17.7 Å². The van der Waals surface area contributed by atoms with Gasteiger partial charge in [0.05, 0.1) is 17.6 Å². The third kappa shape index (κ3) is 5.74. The highest BCUT2D eigenvalue weighted by Crippen LogP contribution is 2.22. The molecule has 2 N–H and O–H groups in total. The maximum atomic E-state index is 12.2. The first-order chi connectivity index (χ1) is 12.1. The number of benzene rings is 1. The fourth-order valence-corrected chi connectivity index (χ4v) is 4.23. The Morgan fingerprint density at radius 1 is 1.04 bits per heavy atom. The van der Waals surface area contributed by atoms with Gasteiger partial charge in [0.2, 0.25) is 10.0 Å². The van der Waals surface area contributed by atoms with Crippen molar-refractivity contribution in [3.63, 3.8) is 0 Å². The van der Waals surface area contributed by atoms with Crippen molar-refractivity contribution >= 4 is 21.5 Å². The summed E-state index contributed by atoms with van der Waals surface area (Å²) >= 11 is 0. The van der Waals surface area contributed by atoms with E-state index in [9.17, 15) is 8.42 Å². The van der Waals surface area contributed by atoms with E-state index in [4.69, 9.17) is 0 Å². The Hall–Kier alpha value is -2.08. The van der Waals surface area contributed by atoms with E-state index in [0.29, 0.717) is 18.3 Å². The van der Waals surface area contributed by atoms with Crippen molar-refractivity contribution in [2.75, 3.05) is 15.8 Å². The van der Waals surface area contributed by atoms with Crippen molar-refractivity contribution < 1.29 is 8.42 Å². The molecule has 0 bridgehead atoms. The number of sulfonamides is 1. The van der Waals surface area contributed by atoms with Crippen LogP contribution in [0.1, 0.15) is 37.7 Å². The predicted octanol–water partition coefficient (Wildman–Crippen LogP) is 3.81. The van der Waals surface area contributed by atoms with E-state index in [2.05, 4.69) is 15.0 Å². The fourth-order valence-electron chi connectivity index (χ4n) is 3.17. The van der Waals surface area contributed by atoms with Crippen molar-refractivity contribution in [2.45, 2.75) is 44.6 Å². The monoisotopic (exact) mass is 359 g/mol. The largest absolute Gasteiger partial charge is 0.381 e. The Labute approximate surface area is 149 Å². The minimum absolute atomic E-state index is 0.0889. The minimum Gasteiger partial charge on any atom is -0.381 e. The van der Waals surface area contributed by atoms with Crippen LogP contribution in [0.4, 0.5) is 11.5 Å². The highest BCUT2D eigenvalue weighted by molar-refractivity contribution is 7.92.